The van der Waals surface area contributed by atoms with Gasteiger partial charge in [-0.05, 0) is 62.1 Å². The summed E-state index contributed by atoms with van der Waals surface area (Å²) in [7, 11) is 0. The number of ether oxygens (including phenoxy) is 3. The summed E-state index contributed by atoms with van der Waals surface area (Å²) in [5.74, 6) is 3.13. The summed E-state index contributed by atoms with van der Waals surface area (Å²) in [6.07, 6.45) is 1.40. The van der Waals surface area contributed by atoms with Crippen LogP contribution >= 0.6 is 0 Å². The number of nitrogens with one attached hydrogen (secondary N) is 1. The minimum Gasteiger partial charge on any atom is -0.493 e. The van der Waals surface area contributed by atoms with Crippen LogP contribution in [0.25, 0.3) is 11.3 Å². The van der Waals surface area contributed by atoms with Gasteiger partial charge in [0.15, 0.2) is 0 Å². The average Bonchev–Trinajstić information content (AvgIpc) is 3.47. The summed E-state index contributed by atoms with van der Waals surface area (Å²) in [6.45, 7) is 2.59. The number of carboxylic acid groups (broad SMARTS) is 1. The molecule has 1 heterocycles. The van der Waals surface area contributed by atoms with Crippen LogP contribution < -0.4 is 19.5 Å². The molecule has 1 fully saturated rings. The van der Waals surface area contributed by atoms with E-state index >= 15 is 0 Å². The third kappa shape index (κ3) is 6.15. The number of amides is 1. The van der Waals surface area contributed by atoms with E-state index in [-0.39, 0.29) is 18.6 Å². The molecule has 0 radical (unpaired) electrons. The molecular weight excluding hydrogens is 400 g/mol. The van der Waals surface area contributed by atoms with Crippen LogP contribution in [0, 0.1) is 5.92 Å². The second kappa shape index (κ2) is 9.42. The van der Waals surface area contributed by atoms with Gasteiger partial charge in [0.2, 0.25) is 0 Å². The predicted molar refractivity (Wildman–Crippen MR) is 113 cm³/mol. The zero-order valence-electron chi connectivity index (χ0n) is 17.1. The van der Waals surface area contributed by atoms with Crippen LogP contribution in [0.2, 0.25) is 0 Å². The van der Waals surface area contributed by atoms with Crippen molar-refractivity contribution in [2.75, 3.05) is 13.2 Å². The summed E-state index contributed by atoms with van der Waals surface area (Å²) in [4.78, 5) is 10.6. The van der Waals surface area contributed by atoms with Crippen LogP contribution in [0.4, 0.5) is 4.79 Å². The maximum Gasteiger partial charge on any atom is 0.404 e. The largest absolute Gasteiger partial charge is 0.493 e. The SMILES string of the molecule is CC(COc1cc(-c2ccc(Oc3cccc(OCC4CC4)c3)cc2)no1)NC(=O)O. The average molecular weight is 424 g/mol. The van der Waals surface area contributed by atoms with Gasteiger partial charge in [-0.15, -0.1) is 0 Å². The van der Waals surface area contributed by atoms with Crippen molar-refractivity contribution in [3.8, 4) is 34.5 Å². The first kappa shape index (κ1) is 20.6. The van der Waals surface area contributed by atoms with Crippen LogP contribution in [-0.2, 0) is 0 Å². The van der Waals surface area contributed by atoms with E-state index in [1.165, 1.54) is 12.8 Å². The molecule has 0 saturated heterocycles. The maximum absolute atomic E-state index is 10.6. The van der Waals surface area contributed by atoms with Gasteiger partial charge in [-0.25, -0.2) is 4.79 Å². The monoisotopic (exact) mass is 424 g/mol. The van der Waals surface area contributed by atoms with Gasteiger partial charge >= 0.3 is 12.0 Å². The maximum atomic E-state index is 10.6. The fourth-order valence-electron chi connectivity index (χ4n) is 2.88. The van der Waals surface area contributed by atoms with E-state index in [1.807, 2.05) is 48.5 Å². The highest BCUT2D eigenvalue weighted by atomic mass is 16.6. The van der Waals surface area contributed by atoms with Gasteiger partial charge in [0, 0.05) is 11.6 Å². The van der Waals surface area contributed by atoms with Gasteiger partial charge in [-0.2, -0.15) is 0 Å². The molecule has 1 aliphatic rings. The Labute approximate surface area is 179 Å². The zero-order chi connectivity index (χ0) is 21.6. The number of hydrogen-bond donors (Lipinski definition) is 2. The standard InChI is InChI=1S/C23H24N2O6/c1-15(24-23(26)27)13-29-22-12-21(25-31-22)17-7-9-18(10-8-17)30-20-4-2-3-19(11-20)28-14-16-5-6-16/h2-4,7-12,15-16,24H,5-6,13-14H2,1H3,(H,26,27). The lowest BCUT2D eigenvalue weighted by atomic mass is 10.1. The highest BCUT2D eigenvalue weighted by molar-refractivity contribution is 5.64. The Morgan fingerprint density at radius 3 is 2.65 bits per heavy atom. The molecule has 1 unspecified atom stereocenters. The van der Waals surface area contributed by atoms with Gasteiger partial charge in [0.25, 0.3) is 0 Å². The first-order valence-electron chi connectivity index (χ1n) is 10.2. The normalized spacial score (nSPS) is 14.0. The predicted octanol–water partition coefficient (Wildman–Crippen LogP) is 4.96. The van der Waals surface area contributed by atoms with E-state index in [1.54, 1.807) is 13.0 Å². The van der Waals surface area contributed by atoms with Crippen molar-refractivity contribution in [3.05, 3.63) is 54.6 Å². The van der Waals surface area contributed by atoms with Crippen LogP contribution in [0.5, 0.6) is 23.2 Å². The molecule has 2 N–H and O–H groups in total. The Morgan fingerprint density at radius 2 is 1.90 bits per heavy atom. The Bertz CT molecular complexity index is 1010. The number of nitrogens with zero attached hydrogens (tertiary/aromatic N) is 1. The second-order valence-corrected chi connectivity index (χ2v) is 7.55. The molecule has 0 aliphatic heterocycles. The Morgan fingerprint density at radius 1 is 1.13 bits per heavy atom. The van der Waals surface area contributed by atoms with E-state index in [4.69, 9.17) is 23.8 Å². The third-order valence-electron chi connectivity index (χ3n) is 4.71. The van der Waals surface area contributed by atoms with Gasteiger partial charge in [-0.3, -0.25) is 0 Å². The molecule has 1 saturated carbocycles. The quantitative estimate of drug-likeness (QED) is 0.474. The number of hydrogen-bond acceptors (Lipinski definition) is 6. The summed E-state index contributed by atoms with van der Waals surface area (Å²) >= 11 is 0. The van der Waals surface area contributed by atoms with Crippen molar-refractivity contribution in [2.45, 2.75) is 25.8 Å². The molecule has 31 heavy (non-hydrogen) atoms. The molecule has 4 rings (SSSR count). The van der Waals surface area contributed by atoms with E-state index in [2.05, 4.69) is 10.5 Å². The fourth-order valence-corrected chi connectivity index (χ4v) is 2.88. The van der Waals surface area contributed by atoms with E-state index < -0.39 is 6.09 Å². The van der Waals surface area contributed by atoms with Crippen molar-refractivity contribution >= 4 is 6.09 Å². The molecule has 0 bridgehead atoms. The molecule has 8 nitrogen and oxygen atoms in total. The molecular formula is C23H24N2O6. The highest BCUT2D eigenvalue weighted by Crippen LogP contribution is 2.31. The van der Waals surface area contributed by atoms with E-state index in [0.29, 0.717) is 23.1 Å². The second-order valence-electron chi connectivity index (χ2n) is 7.55. The molecule has 2 aromatic carbocycles. The molecule has 1 atom stereocenters. The molecule has 1 amide bonds. The minimum atomic E-state index is -1.10. The molecule has 1 aliphatic carbocycles. The summed E-state index contributed by atoms with van der Waals surface area (Å²) in [6, 6.07) is 16.3. The summed E-state index contributed by atoms with van der Waals surface area (Å²) in [5, 5.41) is 15.0. The van der Waals surface area contributed by atoms with Crippen LogP contribution in [0.15, 0.2) is 59.1 Å². The van der Waals surface area contributed by atoms with Crippen LogP contribution in [0.3, 0.4) is 0 Å². The van der Waals surface area contributed by atoms with Crippen molar-refractivity contribution < 1.29 is 28.6 Å². The zero-order valence-corrected chi connectivity index (χ0v) is 17.1. The highest BCUT2D eigenvalue weighted by Gasteiger charge is 2.21. The number of benzene rings is 2. The lowest BCUT2D eigenvalue weighted by Gasteiger charge is -2.10. The number of carbonyl (C=O) groups is 1. The summed E-state index contributed by atoms with van der Waals surface area (Å²) < 4.78 is 22.3. The smallest absolute Gasteiger partial charge is 0.404 e. The van der Waals surface area contributed by atoms with E-state index in [9.17, 15) is 4.79 Å². The van der Waals surface area contributed by atoms with Crippen molar-refractivity contribution in [2.24, 2.45) is 5.92 Å². The lowest BCUT2D eigenvalue weighted by Crippen LogP contribution is -2.35. The van der Waals surface area contributed by atoms with Crippen molar-refractivity contribution in [3.63, 3.8) is 0 Å². The third-order valence-corrected chi connectivity index (χ3v) is 4.71. The first-order valence-corrected chi connectivity index (χ1v) is 10.2. The fraction of sp³-hybridized carbons (Fsp3) is 0.304. The Balaban J connectivity index is 1.32. The minimum absolute atomic E-state index is 0.136. The number of rotatable bonds is 10. The molecule has 3 aromatic rings. The Kier molecular flexibility index (Phi) is 6.26. The van der Waals surface area contributed by atoms with Crippen LogP contribution in [0.1, 0.15) is 19.8 Å². The van der Waals surface area contributed by atoms with Gasteiger partial charge < -0.3 is 29.2 Å². The van der Waals surface area contributed by atoms with E-state index in [0.717, 1.165) is 17.9 Å². The van der Waals surface area contributed by atoms with Gasteiger partial charge in [0.1, 0.15) is 29.5 Å². The Hall–Kier alpha value is -3.68. The van der Waals surface area contributed by atoms with Gasteiger partial charge in [-0.1, -0.05) is 11.2 Å². The first-order chi connectivity index (χ1) is 15.0. The topological polar surface area (TPSA) is 103 Å². The van der Waals surface area contributed by atoms with Gasteiger partial charge in [0.05, 0.1) is 18.7 Å². The van der Waals surface area contributed by atoms with Crippen LogP contribution in [-0.4, -0.2) is 35.6 Å². The van der Waals surface area contributed by atoms with Crippen molar-refractivity contribution in [1.82, 2.24) is 10.5 Å². The van der Waals surface area contributed by atoms with Crippen molar-refractivity contribution in [1.29, 1.82) is 0 Å². The number of aromatic nitrogens is 1. The molecule has 1 aromatic heterocycles. The molecule has 8 heteroatoms. The lowest BCUT2D eigenvalue weighted by molar-refractivity contribution is 0.170. The molecule has 162 valence electrons. The molecule has 0 spiro atoms. The summed E-state index contributed by atoms with van der Waals surface area (Å²) in [5.41, 5.74) is 1.44.